The minimum atomic E-state index is -0.274. The highest BCUT2D eigenvalue weighted by Gasteiger charge is 2.18. The average Bonchev–Trinajstić information content (AvgIpc) is 3.21. The van der Waals surface area contributed by atoms with E-state index in [9.17, 15) is 9.18 Å². The standard InChI is InChI=1S/C21H19FN4O2/c1-12-4-7-19-24-21(15-5-6-16(22)13(2)8-15)17(26(19)11-12)10-20(27)23-18-9-14(3)28-25-18/h4-9,11H,10H2,1-3H3,(H,23,25,27). The fraction of sp³-hybridized carbons (Fsp3) is 0.190. The summed E-state index contributed by atoms with van der Waals surface area (Å²) in [7, 11) is 0. The average molecular weight is 378 g/mol. The molecule has 0 bridgehead atoms. The second-order valence-electron chi connectivity index (χ2n) is 6.85. The number of fused-ring (bicyclic) bond motifs is 1. The zero-order chi connectivity index (χ0) is 19.8. The molecular formula is C21H19FN4O2. The molecule has 4 aromatic rings. The number of carbonyl (C=O) groups is 1. The van der Waals surface area contributed by atoms with Crippen LogP contribution >= 0.6 is 0 Å². The largest absolute Gasteiger partial charge is 0.360 e. The number of aryl methyl sites for hydroxylation is 3. The molecule has 0 unspecified atom stereocenters. The van der Waals surface area contributed by atoms with Crippen molar-refractivity contribution in [2.45, 2.75) is 27.2 Å². The molecule has 4 rings (SSSR count). The molecule has 3 aromatic heterocycles. The van der Waals surface area contributed by atoms with Gasteiger partial charge in [0.25, 0.3) is 0 Å². The van der Waals surface area contributed by atoms with Crippen molar-refractivity contribution in [2.24, 2.45) is 0 Å². The molecule has 0 aliphatic rings. The van der Waals surface area contributed by atoms with E-state index >= 15 is 0 Å². The van der Waals surface area contributed by atoms with Crippen LogP contribution in [0.15, 0.2) is 47.1 Å². The number of halogens is 1. The van der Waals surface area contributed by atoms with Crippen molar-refractivity contribution in [1.82, 2.24) is 14.5 Å². The molecule has 7 heteroatoms. The van der Waals surface area contributed by atoms with Crippen LogP contribution in [-0.2, 0) is 11.2 Å². The molecule has 1 aromatic carbocycles. The number of pyridine rings is 1. The summed E-state index contributed by atoms with van der Waals surface area (Å²) in [5, 5.41) is 6.53. The number of rotatable bonds is 4. The summed E-state index contributed by atoms with van der Waals surface area (Å²) in [6, 6.07) is 10.4. The summed E-state index contributed by atoms with van der Waals surface area (Å²) in [4.78, 5) is 17.3. The maximum absolute atomic E-state index is 13.7. The summed E-state index contributed by atoms with van der Waals surface area (Å²) in [5.74, 6) is 0.468. The third kappa shape index (κ3) is 3.38. The van der Waals surface area contributed by atoms with Crippen LogP contribution in [0, 0.1) is 26.6 Å². The van der Waals surface area contributed by atoms with Gasteiger partial charge in [0, 0.05) is 17.8 Å². The highest BCUT2D eigenvalue weighted by molar-refractivity contribution is 5.92. The number of imidazole rings is 1. The number of nitrogens with zero attached hydrogens (tertiary/aromatic N) is 3. The number of carbonyl (C=O) groups excluding carboxylic acids is 1. The summed E-state index contributed by atoms with van der Waals surface area (Å²) in [6.45, 7) is 5.44. The quantitative estimate of drug-likeness (QED) is 0.577. The number of anilines is 1. The van der Waals surface area contributed by atoms with Crippen LogP contribution in [0.5, 0.6) is 0 Å². The van der Waals surface area contributed by atoms with Crippen molar-refractivity contribution in [3.63, 3.8) is 0 Å². The molecule has 0 atom stereocenters. The Morgan fingerprint density at radius 2 is 2.00 bits per heavy atom. The zero-order valence-electron chi connectivity index (χ0n) is 15.8. The number of amides is 1. The predicted octanol–water partition coefficient (Wildman–Crippen LogP) is 4.23. The Hall–Kier alpha value is -3.48. The van der Waals surface area contributed by atoms with E-state index in [0.717, 1.165) is 22.5 Å². The van der Waals surface area contributed by atoms with Crippen molar-refractivity contribution in [1.29, 1.82) is 0 Å². The van der Waals surface area contributed by atoms with Crippen molar-refractivity contribution in [3.8, 4) is 11.3 Å². The predicted molar refractivity (Wildman–Crippen MR) is 104 cm³/mol. The maximum Gasteiger partial charge on any atom is 0.231 e. The van der Waals surface area contributed by atoms with Crippen molar-refractivity contribution < 1.29 is 13.7 Å². The van der Waals surface area contributed by atoms with Gasteiger partial charge in [-0.05, 0) is 56.2 Å². The second-order valence-corrected chi connectivity index (χ2v) is 6.85. The van der Waals surface area contributed by atoms with E-state index < -0.39 is 0 Å². The number of nitrogens with one attached hydrogen (secondary N) is 1. The topological polar surface area (TPSA) is 72.4 Å². The van der Waals surface area contributed by atoms with E-state index in [2.05, 4.69) is 15.5 Å². The van der Waals surface area contributed by atoms with Crippen LogP contribution in [0.25, 0.3) is 16.9 Å². The van der Waals surface area contributed by atoms with E-state index in [1.54, 1.807) is 32.0 Å². The monoisotopic (exact) mass is 378 g/mol. The second kappa shape index (κ2) is 6.92. The molecule has 0 saturated heterocycles. The highest BCUT2D eigenvalue weighted by Crippen LogP contribution is 2.27. The number of aromatic nitrogens is 3. The summed E-state index contributed by atoms with van der Waals surface area (Å²) >= 11 is 0. The highest BCUT2D eigenvalue weighted by atomic mass is 19.1. The molecule has 0 saturated carbocycles. The van der Waals surface area contributed by atoms with Crippen LogP contribution in [0.4, 0.5) is 10.2 Å². The number of hydrogen-bond donors (Lipinski definition) is 1. The lowest BCUT2D eigenvalue weighted by Gasteiger charge is -2.07. The molecule has 0 aliphatic heterocycles. The number of benzene rings is 1. The lowest BCUT2D eigenvalue weighted by molar-refractivity contribution is -0.115. The minimum absolute atomic E-state index is 0.0856. The Bertz CT molecular complexity index is 1190. The Morgan fingerprint density at radius 1 is 1.18 bits per heavy atom. The Kier molecular flexibility index (Phi) is 4.43. The first-order valence-corrected chi connectivity index (χ1v) is 8.88. The molecule has 0 spiro atoms. The van der Waals surface area contributed by atoms with Crippen LogP contribution < -0.4 is 5.32 Å². The smallest absolute Gasteiger partial charge is 0.231 e. The Balaban J connectivity index is 1.77. The van der Waals surface area contributed by atoms with Gasteiger partial charge in [0.05, 0.1) is 17.8 Å². The molecule has 1 amide bonds. The molecule has 142 valence electrons. The normalized spacial score (nSPS) is 11.1. The van der Waals surface area contributed by atoms with E-state index in [1.165, 1.54) is 6.07 Å². The summed E-state index contributed by atoms with van der Waals surface area (Å²) < 4.78 is 20.6. The zero-order valence-corrected chi connectivity index (χ0v) is 15.8. The fourth-order valence-electron chi connectivity index (χ4n) is 3.16. The lowest BCUT2D eigenvalue weighted by atomic mass is 10.1. The van der Waals surface area contributed by atoms with Gasteiger partial charge >= 0.3 is 0 Å². The molecular weight excluding hydrogens is 359 g/mol. The van der Waals surface area contributed by atoms with Crippen molar-refractivity contribution >= 4 is 17.4 Å². The van der Waals surface area contributed by atoms with Crippen LogP contribution in [0.2, 0.25) is 0 Å². The Labute approximate surface area is 161 Å². The van der Waals surface area contributed by atoms with Gasteiger partial charge < -0.3 is 14.2 Å². The molecule has 0 fully saturated rings. The molecule has 0 radical (unpaired) electrons. The molecule has 3 heterocycles. The fourth-order valence-corrected chi connectivity index (χ4v) is 3.16. The van der Waals surface area contributed by atoms with E-state index in [1.807, 2.05) is 29.7 Å². The SMILES string of the molecule is Cc1ccc2nc(-c3ccc(F)c(C)c3)c(CC(=O)Nc3cc(C)on3)n2c1. The third-order valence-electron chi connectivity index (χ3n) is 4.52. The molecule has 0 aliphatic carbocycles. The van der Waals surface area contributed by atoms with Gasteiger partial charge in [0.1, 0.15) is 17.2 Å². The Morgan fingerprint density at radius 3 is 2.71 bits per heavy atom. The van der Waals surface area contributed by atoms with Gasteiger partial charge in [-0.1, -0.05) is 11.2 Å². The van der Waals surface area contributed by atoms with Crippen molar-refractivity contribution in [2.75, 3.05) is 5.32 Å². The van der Waals surface area contributed by atoms with Crippen LogP contribution in [0.3, 0.4) is 0 Å². The first-order valence-electron chi connectivity index (χ1n) is 8.88. The molecule has 1 N–H and O–H groups in total. The third-order valence-corrected chi connectivity index (χ3v) is 4.52. The van der Waals surface area contributed by atoms with E-state index in [0.29, 0.717) is 22.8 Å². The minimum Gasteiger partial charge on any atom is -0.360 e. The maximum atomic E-state index is 13.7. The summed E-state index contributed by atoms with van der Waals surface area (Å²) in [5.41, 5.74) is 4.44. The van der Waals surface area contributed by atoms with Gasteiger partial charge in [-0.25, -0.2) is 9.37 Å². The van der Waals surface area contributed by atoms with Gasteiger partial charge in [-0.3, -0.25) is 4.79 Å². The van der Waals surface area contributed by atoms with Gasteiger partial charge in [-0.2, -0.15) is 0 Å². The van der Waals surface area contributed by atoms with Gasteiger partial charge in [-0.15, -0.1) is 0 Å². The van der Waals surface area contributed by atoms with E-state index in [-0.39, 0.29) is 18.1 Å². The summed E-state index contributed by atoms with van der Waals surface area (Å²) in [6.07, 6.45) is 2.02. The number of hydrogen-bond acceptors (Lipinski definition) is 4. The van der Waals surface area contributed by atoms with Crippen molar-refractivity contribution in [3.05, 3.63) is 71.0 Å². The first kappa shape index (κ1) is 17.9. The lowest BCUT2D eigenvalue weighted by Crippen LogP contribution is -2.16. The molecule has 6 nitrogen and oxygen atoms in total. The van der Waals surface area contributed by atoms with E-state index in [4.69, 9.17) is 4.52 Å². The van der Waals surface area contributed by atoms with Crippen LogP contribution in [-0.4, -0.2) is 20.4 Å². The van der Waals surface area contributed by atoms with Gasteiger partial charge in [0.2, 0.25) is 5.91 Å². The first-order chi connectivity index (χ1) is 13.4. The molecule has 28 heavy (non-hydrogen) atoms. The van der Waals surface area contributed by atoms with Crippen LogP contribution in [0.1, 0.15) is 22.6 Å². The van der Waals surface area contributed by atoms with Gasteiger partial charge in [0.15, 0.2) is 5.82 Å².